The maximum Gasteiger partial charge on any atom is 0.0763 e. The highest BCUT2D eigenvalue weighted by Gasteiger charge is 2.36. The van der Waals surface area contributed by atoms with Gasteiger partial charge < -0.3 is 4.74 Å². The zero-order valence-electron chi connectivity index (χ0n) is 12.0. The van der Waals surface area contributed by atoms with Gasteiger partial charge in [-0.3, -0.25) is 0 Å². The Morgan fingerprint density at radius 3 is 2.14 bits per heavy atom. The summed E-state index contributed by atoms with van der Waals surface area (Å²) >= 11 is 0. The molecule has 0 spiro atoms. The van der Waals surface area contributed by atoms with E-state index >= 15 is 0 Å². The third-order valence-corrected chi connectivity index (χ3v) is 5.21. The van der Waals surface area contributed by atoms with E-state index in [9.17, 15) is 0 Å². The summed E-state index contributed by atoms with van der Waals surface area (Å²) in [6.07, 6.45) is 6.75. The molecule has 3 aliphatic rings. The molecule has 104 valence electrons. The van der Waals surface area contributed by atoms with Crippen LogP contribution >= 0.6 is 0 Å². The number of ether oxygens (including phenoxy) is 1. The van der Waals surface area contributed by atoms with Gasteiger partial charge in [0.15, 0.2) is 0 Å². The van der Waals surface area contributed by atoms with Crippen molar-refractivity contribution in [1.82, 2.24) is 0 Å². The third-order valence-electron chi connectivity index (χ3n) is 5.21. The normalized spacial score (nSPS) is 26.4. The highest BCUT2D eigenvalue weighted by molar-refractivity contribution is 5.80. The lowest BCUT2D eigenvalue weighted by Crippen LogP contribution is -2.19. The van der Waals surface area contributed by atoms with E-state index in [1.165, 1.54) is 35.1 Å². The van der Waals surface area contributed by atoms with Crippen molar-refractivity contribution >= 4 is 0 Å². The third kappa shape index (κ3) is 1.67. The molecule has 0 N–H and O–H groups in total. The molecule has 0 aromatic heterocycles. The quantitative estimate of drug-likeness (QED) is 0.686. The molecule has 2 bridgehead atoms. The van der Waals surface area contributed by atoms with E-state index < -0.39 is 0 Å². The fourth-order valence-corrected chi connectivity index (χ4v) is 4.35. The first-order chi connectivity index (χ1) is 10.4. The van der Waals surface area contributed by atoms with Gasteiger partial charge in [-0.2, -0.15) is 0 Å². The zero-order chi connectivity index (χ0) is 13.8. The number of hydrogen-bond donors (Lipinski definition) is 0. The van der Waals surface area contributed by atoms with Crippen molar-refractivity contribution in [2.75, 3.05) is 0 Å². The molecule has 1 nitrogen and oxygen atoms in total. The van der Waals surface area contributed by atoms with Gasteiger partial charge in [0.25, 0.3) is 0 Å². The highest BCUT2D eigenvalue weighted by atomic mass is 16.5. The molecule has 1 fully saturated rings. The van der Waals surface area contributed by atoms with E-state index in [1.54, 1.807) is 5.57 Å². The van der Waals surface area contributed by atoms with Crippen molar-refractivity contribution in [1.29, 1.82) is 0 Å². The molecule has 2 aromatic carbocycles. The molecule has 2 atom stereocenters. The molecule has 2 unspecified atom stereocenters. The molecule has 1 saturated heterocycles. The van der Waals surface area contributed by atoms with Crippen LogP contribution in [0.5, 0.6) is 0 Å². The summed E-state index contributed by atoms with van der Waals surface area (Å²) < 4.78 is 5.99. The number of hydrogen-bond acceptors (Lipinski definition) is 1. The van der Waals surface area contributed by atoms with Gasteiger partial charge in [-0.05, 0) is 41.5 Å². The van der Waals surface area contributed by atoms with Crippen LogP contribution in [0, 0.1) is 0 Å². The van der Waals surface area contributed by atoms with Crippen LogP contribution in [-0.4, -0.2) is 12.2 Å². The minimum absolute atomic E-state index is 0.360. The van der Waals surface area contributed by atoms with Crippen LogP contribution in [0.3, 0.4) is 0 Å². The second kappa shape index (κ2) is 4.32. The molecule has 1 aliphatic carbocycles. The maximum atomic E-state index is 5.99. The molecule has 5 rings (SSSR count). The van der Waals surface area contributed by atoms with Gasteiger partial charge in [-0.1, -0.05) is 60.2 Å². The summed E-state index contributed by atoms with van der Waals surface area (Å²) in [4.78, 5) is 0. The Morgan fingerprint density at radius 2 is 1.48 bits per heavy atom. The summed E-state index contributed by atoms with van der Waals surface area (Å²) in [6, 6.07) is 17.8. The Labute approximate surface area is 125 Å². The van der Waals surface area contributed by atoms with Crippen LogP contribution in [0.25, 0.3) is 11.1 Å². The Morgan fingerprint density at radius 1 is 0.810 bits per heavy atom. The Balaban J connectivity index is 1.70. The molecule has 21 heavy (non-hydrogen) atoms. The lowest BCUT2D eigenvalue weighted by atomic mass is 9.85. The average molecular weight is 274 g/mol. The first-order valence-corrected chi connectivity index (χ1v) is 7.94. The average Bonchev–Trinajstić information content (AvgIpc) is 3.04. The Hall–Kier alpha value is -1.86. The van der Waals surface area contributed by atoms with Gasteiger partial charge in [0.2, 0.25) is 0 Å². The van der Waals surface area contributed by atoms with Crippen LogP contribution in [0.15, 0.2) is 60.2 Å². The minimum atomic E-state index is 0.360. The lowest BCUT2D eigenvalue weighted by molar-refractivity contribution is 0.0596. The summed E-state index contributed by atoms with van der Waals surface area (Å²) in [7, 11) is 0. The largest absolute Gasteiger partial charge is 0.371 e. The molecular weight excluding hydrogens is 256 g/mol. The summed E-state index contributed by atoms with van der Waals surface area (Å²) in [5.74, 6) is 0.449. The van der Waals surface area contributed by atoms with Crippen molar-refractivity contribution in [3.8, 4) is 11.1 Å². The van der Waals surface area contributed by atoms with Crippen molar-refractivity contribution < 1.29 is 4.74 Å². The van der Waals surface area contributed by atoms with E-state index in [1.807, 2.05) is 0 Å². The topological polar surface area (TPSA) is 9.23 Å². The van der Waals surface area contributed by atoms with Gasteiger partial charge in [0.1, 0.15) is 0 Å². The van der Waals surface area contributed by atoms with Crippen LogP contribution in [0.1, 0.15) is 36.3 Å². The molecule has 0 amide bonds. The summed E-state index contributed by atoms with van der Waals surface area (Å²) in [5.41, 5.74) is 7.36. The predicted octanol–water partition coefficient (Wildman–Crippen LogP) is 4.68. The van der Waals surface area contributed by atoms with E-state index in [4.69, 9.17) is 4.74 Å². The Kier molecular flexibility index (Phi) is 2.42. The smallest absolute Gasteiger partial charge is 0.0763 e. The first kappa shape index (κ1) is 11.8. The monoisotopic (exact) mass is 274 g/mol. The second-order valence-corrected chi connectivity index (χ2v) is 6.43. The molecule has 1 heteroatoms. The van der Waals surface area contributed by atoms with Crippen molar-refractivity contribution in [2.24, 2.45) is 0 Å². The zero-order valence-corrected chi connectivity index (χ0v) is 12.0. The van der Waals surface area contributed by atoms with E-state index in [2.05, 4.69) is 54.6 Å². The fraction of sp³-hybridized carbons (Fsp3) is 0.300. The van der Waals surface area contributed by atoms with Crippen molar-refractivity contribution in [3.05, 3.63) is 71.3 Å². The summed E-state index contributed by atoms with van der Waals surface area (Å²) in [5, 5.41) is 0. The molecule has 2 aliphatic heterocycles. The molecule has 2 heterocycles. The number of rotatable bonds is 1. The minimum Gasteiger partial charge on any atom is -0.371 e. The molecule has 2 aromatic rings. The van der Waals surface area contributed by atoms with Crippen LogP contribution in [-0.2, 0) is 4.74 Å². The van der Waals surface area contributed by atoms with Gasteiger partial charge in [-0.25, -0.2) is 0 Å². The number of fused-ring (bicyclic) bond motifs is 5. The summed E-state index contributed by atoms with van der Waals surface area (Å²) in [6.45, 7) is 0. The standard InChI is InChI=1S/C20H18O/c1-3-7-18-16(5-1)17-6-2-4-8-19(17)20(18)13-11-14-9-10-15(12-13)21-14/h1-8,11,14-15,20H,9-10,12H2. The lowest BCUT2D eigenvalue weighted by Gasteiger charge is -2.26. The van der Waals surface area contributed by atoms with Gasteiger partial charge in [-0.15, -0.1) is 0 Å². The molecule has 0 saturated carbocycles. The van der Waals surface area contributed by atoms with E-state index in [0.717, 1.165) is 6.42 Å². The van der Waals surface area contributed by atoms with Crippen molar-refractivity contribution in [3.63, 3.8) is 0 Å². The van der Waals surface area contributed by atoms with E-state index in [-0.39, 0.29) is 0 Å². The first-order valence-electron chi connectivity index (χ1n) is 7.94. The SMILES string of the molecule is C1=C(C2c3ccccc3-c3ccccc32)CC2CCC1O2. The predicted molar refractivity (Wildman–Crippen MR) is 84.3 cm³/mol. The second-order valence-electron chi connectivity index (χ2n) is 6.43. The molecular formula is C20H18O. The van der Waals surface area contributed by atoms with Gasteiger partial charge >= 0.3 is 0 Å². The van der Waals surface area contributed by atoms with Gasteiger partial charge in [0, 0.05) is 5.92 Å². The van der Waals surface area contributed by atoms with Crippen LogP contribution in [0.2, 0.25) is 0 Å². The number of benzene rings is 2. The maximum absolute atomic E-state index is 5.99. The molecule has 0 radical (unpaired) electrons. The Bertz CT molecular complexity index is 698. The van der Waals surface area contributed by atoms with E-state index in [0.29, 0.717) is 18.1 Å². The van der Waals surface area contributed by atoms with Crippen LogP contribution < -0.4 is 0 Å². The highest BCUT2D eigenvalue weighted by Crippen LogP contribution is 2.50. The fourth-order valence-electron chi connectivity index (χ4n) is 4.35. The van der Waals surface area contributed by atoms with Gasteiger partial charge in [0.05, 0.1) is 12.2 Å². The van der Waals surface area contributed by atoms with Crippen LogP contribution in [0.4, 0.5) is 0 Å². The van der Waals surface area contributed by atoms with Crippen molar-refractivity contribution in [2.45, 2.75) is 37.4 Å².